The van der Waals surface area contributed by atoms with Gasteiger partial charge in [0.1, 0.15) is 0 Å². The van der Waals surface area contributed by atoms with E-state index < -0.39 is 6.43 Å². The summed E-state index contributed by atoms with van der Waals surface area (Å²) >= 11 is 0. The molecule has 0 atom stereocenters. The van der Waals surface area contributed by atoms with Gasteiger partial charge in [-0.3, -0.25) is 0 Å². The van der Waals surface area contributed by atoms with Crippen LogP contribution in [0.3, 0.4) is 0 Å². The van der Waals surface area contributed by atoms with E-state index in [1.54, 1.807) is 0 Å². The van der Waals surface area contributed by atoms with Crippen molar-refractivity contribution in [1.29, 1.82) is 0 Å². The van der Waals surface area contributed by atoms with Crippen LogP contribution in [0.15, 0.2) is 0 Å². The van der Waals surface area contributed by atoms with Gasteiger partial charge in [-0.25, -0.2) is 0 Å². The van der Waals surface area contributed by atoms with Crippen LogP contribution in [0.5, 0.6) is 0 Å². The second kappa shape index (κ2) is 3.89. The maximum Gasteiger partial charge on any atom is 0.559 e. The fourth-order valence-electron chi connectivity index (χ4n) is 0. The molecule has 0 aromatic carbocycles. The van der Waals surface area contributed by atoms with E-state index in [-0.39, 0.29) is 0 Å². The smallest absolute Gasteiger partial charge is 0.140 e. The lowest BCUT2D eigenvalue weighted by Gasteiger charge is -1.82. The molecule has 0 N–H and O–H groups in total. The molecule has 46 valence electrons. The molecule has 0 aliphatic carbocycles. The third kappa shape index (κ3) is 1010. The number of hydrogen-bond donors (Lipinski definition) is 0. The highest BCUT2D eigenvalue weighted by molar-refractivity contribution is 4.08. The average molecular weight is 118 g/mol. The molecule has 0 heterocycles. The second-order valence-corrected chi connectivity index (χ2v) is 0.429. The summed E-state index contributed by atoms with van der Waals surface area (Å²) in [6, 6.07) is 0. The van der Waals surface area contributed by atoms with Crippen molar-refractivity contribution in [3.05, 3.63) is 0 Å². The molecule has 0 amide bonds. The van der Waals surface area contributed by atoms with E-state index in [9.17, 15) is 17.6 Å². The Bertz CT molecular complexity index is 22.4. The lowest BCUT2D eigenvalue weighted by atomic mass is 11.0. The molecule has 0 aromatic heterocycles. The number of halogens is 4. The first kappa shape index (κ1) is 9.87. The van der Waals surface area contributed by atoms with Crippen LogP contribution in [0.2, 0.25) is 0 Å². The normalized spacial score (nSPS) is 9.43. The zero-order chi connectivity index (χ0) is 6.50. The highest BCUT2D eigenvalue weighted by atomic mass is 19.5. The molecule has 0 fully saturated rings. The standard InChI is InChI=1S/C2H6.CF4/c1-2;2-1(3,4)5/h1-2H3;. The Balaban J connectivity index is 0. The molecule has 0 radical (unpaired) electrons. The Morgan fingerprint density at radius 1 is 0.857 bits per heavy atom. The van der Waals surface area contributed by atoms with Crippen LogP contribution in [0.1, 0.15) is 13.8 Å². The van der Waals surface area contributed by atoms with Crippen LogP contribution in [0.4, 0.5) is 17.6 Å². The van der Waals surface area contributed by atoms with Gasteiger partial charge in [0.05, 0.1) is 0 Å². The first-order valence-electron chi connectivity index (χ1n) is 1.76. The molecule has 0 aliphatic rings. The van der Waals surface area contributed by atoms with Crippen molar-refractivity contribution >= 4 is 0 Å². The summed E-state index contributed by atoms with van der Waals surface area (Å²) in [5.41, 5.74) is 0. The quantitative estimate of drug-likeness (QED) is 0.428. The van der Waals surface area contributed by atoms with Crippen molar-refractivity contribution < 1.29 is 17.6 Å². The minimum Gasteiger partial charge on any atom is -0.140 e. The summed E-state index contributed by atoms with van der Waals surface area (Å²) in [6.07, 6.45) is -5.50. The van der Waals surface area contributed by atoms with Crippen LogP contribution in [-0.2, 0) is 0 Å². The zero-order valence-electron chi connectivity index (χ0n) is 4.01. The Labute approximate surface area is 39.1 Å². The number of alkyl halides is 4. The van der Waals surface area contributed by atoms with E-state index >= 15 is 0 Å². The summed E-state index contributed by atoms with van der Waals surface area (Å²) in [7, 11) is 0. The minimum absolute atomic E-state index is 2.00. The van der Waals surface area contributed by atoms with E-state index in [0.717, 1.165) is 0 Å². The molecule has 0 aliphatic heterocycles. The molecule has 0 spiro atoms. The van der Waals surface area contributed by atoms with E-state index in [2.05, 4.69) is 0 Å². The van der Waals surface area contributed by atoms with Gasteiger partial charge in [0.25, 0.3) is 0 Å². The largest absolute Gasteiger partial charge is 0.559 e. The topological polar surface area (TPSA) is 0 Å². The monoisotopic (exact) mass is 118 g/mol. The summed E-state index contributed by atoms with van der Waals surface area (Å²) < 4.78 is 38.8. The van der Waals surface area contributed by atoms with Crippen molar-refractivity contribution in [3.63, 3.8) is 0 Å². The van der Waals surface area contributed by atoms with Gasteiger partial charge < -0.3 is 0 Å². The summed E-state index contributed by atoms with van der Waals surface area (Å²) in [5, 5.41) is 0. The molecular weight excluding hydrogens is 112 g/mol. The molecule has 4 heteroatoms. The van der Waals surface area contributed by atoms with Crippen LogP contribution < -0.4 is 0 Å². The third-order valence-corrected chi connectivity index (χ3v) is 0. The van der Waals surface area contributed by atoms with E-state index in [1.165, 1.54) is 0 Å². The Kier molecular flexibility index (Phi) is 5.49. The van der Waals surface area contributed by atoms with Gasteiger partial charge in [-0.2, -0.15) is 0 Å². The van der Waals surface area contributed by atoms with E-state index in [4.69, 9.17) is 0 Å². The summed E-state index contributed by atoms with van der Waals surface area (Å²) in [5.74, 6) is 0. The highest BCUT2D eigenvalue weighted by Gasteiger charge is 2.24. The Morgan fingerprint density at radius 2 is 0.857 bits per heavy atom. The molecule has 0 saturated carbocycles. The molecule has 0 bridgehead atoms. The third-order valence-electron chi connectivity index (χ3n) is 0. The van der Waals surface area contributed by atoms with Gasteiger partial charge in [-0.1, -0.05) is 13.8 Å². The van der Waals surface area contributed by atoms with Crippen molar-refractivity contribution in [2.24, 2.45) is 0 Å². The zero-order valence-corrected chi connectivity index (χ0v) is 4.01. The Morgan fingerprint density at radius 3 is 0.857 bits per heavy atom. The van der Waals surface area contributed by atoms with Gasteiger partial charge in [-0.15, -0.1) is 17.6 Å². The molecule has 7 heavy (non-hydrogen) atoms. The van der Waals surface area contributed by atoms with Crippen LogP contribution >= 0.6 is 0 Å². The molecule has 0 nitrogen and oxygen atoms in total. The lowest BCUT2D eigenvalue weighted by molar-refractivity contribution is -0.237. The van der Waals surface area contributed by atoms with Crippen LogP contribution in [0.25, 0.3) is 0 Å². The van der Waals surface area contributed by atoms with Gasteiger partial charge in [0, 0.05) is 0 Å². The molecule has 0 saturated heterocycles. The van der Waals surface area contributed by atoms with Crippen molar-refractivity contribution in [1.82, 2.24) is 0 Å². The maximum absolute atomic E-state index is 9.69. The van der Waals surface area contributed by atoms with Gasteiger partial charge >= 0.3 is 6.43 Å². The summed E-state index contributed by atoms with van der Waals surface area (Å²) in [6.45, 7) is 4.00. The SMILES string of the molecule is CC.FC(F)(F)F. The highest BCUT2D eigenvalue weighted by Crippen LogP contribution is 2.13. The predicted octanol–water partition coefficient (Wildman–Crippen LogP) is 2.50. The fraction of sp³-hybridized carbons (Fsp3) is 1.00. The molecule has 0 rings (SSSR count). The van der Waals surface area contributed by atoms with E-state index in [1.807, 2.05) is 13.8 Å². The van der Waals surface area contributed by atoms with E-state index in [0.29, 0.717) is 0 Å². The fourth-order valence-corrected chi connectivity index (χ4v) is 0. The number of rotatable bonds is 0. The lowest BCUT2D eigenvalue weighted by Crippen LogP contribution is -1.92. The second-order valence-electron chi connectivity index (χ2n) is 0.429. The van der Waals surface area contributed by atoms with Gasteiger partial charge in [0.2, 0.25) is 0 Å². The van der Waals surface area contributed by atoms with Crippen LogP contribution in [0, 0.1) is 0 Å². The predicted molar refractivity (Wildman–Crippen MR) is 18.5 cm³/mol. The summed E-state index contributed by atoms with van der Waals surface area (Å²) in [4.78, 5) is 0. The maximum atomic E-state index is 9.69. The van der Waals surface area contributed by atoms with Crippen LogP contribution in [-0.4, -0.2) is 6.43 Å². The first-order chi connectivity index (χ1) is 3.00. The first-order valence-corrected chi connectivity index (χ1v) is 1.76. The minimum atomic E-state index is -5.50. The van der Waals surface area contributed by atoms with Gasteiger partial charge in [-0.05, 0) is 0 Å². The molecular formula is C3H6F4. The van der Waals surface area contributed by atoms with Crippen molar-refractivity contribution in [2.75, 3.05) is 0 Å². The van der Waals surface area contributed by atoms with Crippen molar-refractivity contribution in [3.8, 4) is 0 Å². The molecule has 0 unspecified atom stereocenters. The number of hydrogen-bond acceptors (Lipinski definition) is 0. The molecule has 0 aromatic rings. The average Bonchev–Trinajstić information content (AvgIpc) is 1.36. The van der Waals surface area contributed by atoms with Crippen molar-refractivity contribution in [2.45, 2.75) is 20.3 Å². The Hall–Kier alpha value is -0.280. The van der Waals surface area contributed by atoms with Gasteiger partial charge in [0.15, 0.2) is 0 Å².